The zero-order valence-electron chi connectivity index (χ0n) is 12.9. The fraction of sp³-hybridized carbons (Fsp3) is 0.667. The summed E-state index contributed by atoms with van der Waals surface area (Å²) >= 11 is 0. The lowest BCUT2D eigenvalue weighted by molar-refractivity contribution is 0.128. The Kier molecular flexibility index (Phi) is 3.41. The molecule has 2 atom stereocenters. The maximum absolute atomic E-state index is 13.2. The monoisotopic (exact) mass is 288 g/mol. The zero-order chi connectivity index (χ0) is 14.4. The van der Waals surface area contributed by atoms with Gasteiger partial charge < -0.3 is 4.90 Å². The highest BCUT2D eigenvalue weighted by molar-refractivity contribution is 5.53. The van der Waals surface area contributed by atoms with E-state index in [1.54, 1.807) is 12.1 Å². The lowest BCUT2D eigenvalue weighted by atomic mass is 9.99. The Hall–Kier alpha value is -1.09. The summed E-state index contributed by atoms with van der Waals surface area (Å²) in [6.07, 6.45) is 6.88. The van der Waals surface area contributed by atoms with Crippen LogP contribution in [0.2, 0.25) is 0 Å². The van der Waals surface area contributed by atoms with Gasteiger partial charge in [0.15, 0.2) is 0 Å². The molecule has 2 heterocycles. The van der Waals surface area contributed by atoms with Crippen molar-refractivity contribution in [1.82, 2.24) is 4.90 Å². The minimum Gasteiger partial charge on any atom is -0.371 e. The molecule has 1 saturated carbocycles. The van der Waals surface area contributed by atoms with Crippen molar-refractivity contribution in [3.8, 4) is 0 Å². The van der Waals surface area contributed by atoms with E-state index in [0.717, 1.165) is 36.7 Å². The highest BCUT2D eigenvalue weighted by Gasteiger charge is 2.41. The molecule has 0 N–H and O–H groups in total. The van der Waals surface area contributed by atoms with Gasteiger partial charge in [0.1, 0.15) is 5.82 Å². The van der Waals surface area contributed by atoms with Crippen molar-refractivity contribution in [1.29, 1.82) is 0 Å². The third-order valence-electron chi connectivity index (χ3n) is 5.88. The summed E-state index contributed by atoms with van der Waals surface area (Å²) in [5, 5.41) is 0. The molecule has 3 fully saturated rings. The van der Waals surface area contributed by atoms with Crippen molar-refractivity contribution in [2.24, 2.45) is 5.92 Å². The molecule has 0 spiro atoms. The van der Waals surface area contributed by atoms with Gasteiger partial charge in [0.25, 0.3) is 0 Å². The SMILES string of the molecule is Cc1cc(F)ccc1N1CCC(N2C[C@H]3CC[C@H]2C3)CC1. The first kappa shape index (κ1) is 13.6. The van der Waals surface area contributed by atoms with Crippen molar-refractivity contribution in [2.75, 3.05) is 24.5 Å². The first-order chi connectivity index (χ1) is 10.2. The van der Waals surface area contributed by atoms with Crippen LogP contribution in [0.4, 0.5) is 10.1 Å². The minimum atomic E-state index is -0.126. The van der Waals surface area contributed by atoms with E-state index in [4.69, 9.17) is 0 Å². The number of aryl methyl sites for hydroxylation is 1. The maximum atomic E-state index is 13.2. The predicted molar refractivity (Wildman–Crippen MR) is 84.2 cm³/mol. The molecule has 0 amide bonds. The first-order valence-electron chi connectivity index (χ1n) is 8.47. The van der Waals surface area contributed by atoms with E-state index in [9.17, 15) is 4.39 Å². The molecule has 1 aliphatic carbocycles. The molecule has 1 aromatic carbocycles. The predicted octanol–water partition coefficient (Wildman–Crippen LogP) is 3.59. The van der Waals surface area contributed by atoms with E-state index < -0.39 is 0 Å². The lowest BCUT2D eigenvalue weighted by Crippen LogP contribution is -2.48. The third-order valence-corrected chi connectivity index (χ3v) is 5.88. The maximum Gasteiger partial charge on any atom is 0.123 e. The molecule has 0 aromatic heterocycles. The number of hydrogen-bond donors (Lipinski definition) is 0. The van der Waals surface area contributed by atoms with Crippen LogP contribution in [-0.4, -0.2) is 36.6 Å². The van der Waals surface area contributed by atoms with E-state index in [1.807, 2.05) is 13.0 Å². The molecule has 0 unspecified atom stereocenters. The van der Waals surface area contributed by atoms with Crippen LogP contribution in [0.1, 0.15) is 37.7 Å². The molecule has 21 heavy (non-hydrogen) atoms. The first-order valence-corrected chi connectivity index (χ1v) is 8.47. The molecule has 3 aliphatic rings. The fourth-order valence-corrected chi connectivity index (χ4v) is 4.82. The number of anilines is 1. The lowest BCUT2D eigenvalue weighted by Gasteiger charge is -2.41. The number of likely N-dealkylation sites (tertiary alicyclic amines) is 1. The Morgan fingerprint density at radius 1 is 1.05 bits per heavy atom. The summed E-state index contributed by atoms with van der Waals surface area (Å²) in [7, 11) is 0. The van der Waals surface area contributed by atoms with Crippen LogP contribution in [0.3, 0.4) is 0 Å². The van der Waals surface area contributed by atoms with E-state index in [0.29, 0.717) is 0 Å². The number of hydrogen-bond acceptors (Lipinski definition) is 2. The van der Waals surface area contributed by atoms with E-state index in [2.05, 4.69) is 9.80 Å². The van der Waals surface area contributed by atoms with Gasteiger partial charge in [-0.15, -0.1) is 0 Å². The normalized spacial score (nSPS) is 30.3. The van der Waals surface area contributed by atoms with Crippen molar-refractivity contribution in [2.45, 2.75) is 51.1 Å². The standard InChI is InChI=1S/C18H25FN2/c1-13-10-15(19)3-5-18(13)20-8-6-16(7-9-20)21-12-14-2-4-17(21)11-14/h3,5,10,14,16-17H,2,4,6-9,11-12H2,1H3/t14-,17-/m0/s1. The number of benzene rings is 1. The van der Waals surface area contributed by atoms with Crippen LogP contribution in [0.15, 0.2) is 18.2 Å². The van der Waals surface area contributed by atoms with Gasteiger partial charge in [0.05, 0.1) is 0 Å². The molecule has 2 nitrogen and oxygen atoms in total. The minimum absolute atomic E-state index is 0.126. The molecule has 3 heteroatoms. The smallest absolute Gasteiger partial charge is 0.123 e. The van der Waals surface area contributed by atoms with Crippen molar-refractivity contribution >= 4 is 5.69 Å². The van der Waals surface area contributed by atoms with E-state index in [-0.39, 0.29) is 5.82 Å². The molecule has 0 radical (unpaired) electrons. The molecule has 2 saturated heterocycles. The topological polar surface area (TPSA) is 6.48 Å². The summed E-state index contributed by atoms with van der Waals surface area (Å²) in [5.41, 5.74) is 2.28. The zero-order valence-corrected chi connectivity index (χ0v) is 12.9. The van der Waals surface area contributed by atoms with Crippen LogP contribution in [0, 0.1) is 18.7 Å². The second kappa shape index (κ2) is 5.28. The fourth-order valence-electron chi connectivity index (χ4n) is 4.82. The molecule has 4 rings (SSSR count). The number of fused-ring (bicyclic) bond motifs is 2. The average molecular weight is 288 g/mol. The van der Waals surface area contributed by atoms with Crippen molar-refractivity contribution in [3.05, 3.63) is 29.6 Å². The summed E-state index contributed by atoms with van der Waals surface area (Å²) in [4.78, 5) is 5.25. The molecular formula is C18H25FN2. The summed E-state index contributed by atoms with van der Waals surface area (Å²) in [6.45, 7) is 5.60. The summed E-state index contributed by atoms with van der Waals surface area (Å²) < 4.78 is 13.2. The van der Waals surface area contributed by atoms with Crippen LogP contribution < -0.4 is 4.90 Å². The van der Waals surface area contributed by atoms with Gasteiger partial charge in [0.2, 0.25) is 0 Å². The summed E-state index contributed by atoms with van der Waals surface area (Å²) in [6, 6.07) is 6.87. The van der Waals surface area contributed by atoms with Crippen LogP contribution >= 0.6 is 0 Å². The van der Waals surface area contributed by atoms with Crippen LogP contribution in [-0.2, 0) is 0 Å². The van der Waals surface area contributed by atoms with E-state index in [1.165, 1.54) is 44.3 Å². The Morgan fingerprint density at radius 2 is 1.86 bits per heavy atom. The van der Waals surface area contributed by atoms with Crippen LogP contribution in [0.5, 0.6) is 0 Å². The largest absolute Gasteiger partial charge is 0.371 e. The highest BCUT2D eigenvalue weighted by atomic mass is 19.1. The van der Waals surface area contributed by atoms with Gasteiger partial charge in [-0.2, -0.15) is 0 Å². The van der Waals surface area contributed by atoms with E-state index >= 15 is 0 Å². The van der Waals surface area contributed by atoms with Gasteiger partial charge in [0, 0.05) is 37.4 Å². The Morgan fingerprint density at radius 3 is 2.48 bits per heavy atom. The van der Waals surface area contributed by atoms with Gasteiger partial charge in [-0.1, -0.05) is 0 Å². The Labute approximate surface area is 126 Å². The number of rotatable bonds is 2. The Bertz CT molecular complexity index is 522. The third kappa shape index (κ3) is 2.46. The van der Waals surface area contributed by atoms with Gasteiger partial charge in [-0.25, -0.2) is 4.39 Å². The Balaban J connectivity index is 1.40. The van der Waals surface area contributed by atoms with Crippen molar-refractivity contribution in [3.63, 3.8) is 0 Å². The van der Waals surface area contributed by atoms with Gasteiger partial charge in [-0.3, -0.25) is 4.90 Å². The second-order valence-corrected chi connectivity index (χ2v) is 7.18. The number of nitrogens with zero attached hydrogens (tertiary/aromatic N) is 2. The van der Waals surface area contributed by atoms with Crippen molar-refractivity contribution < 1.29 is 4.39 Å². The molecule has 1 aromatic rings. The average Bonchev–Trinajstić information content (AvgIpc) is 3.10. The quantitative estimate of drug-likeness (QED) is 0.820. The van der Waals surface area contributed by atoms with Gasteiger partial charge >= 0.3 is 0 Å². The van der Waals surface area contributed by atoms with Crippen LogP contribution in [0.25, 0.3) is 0 Å². The van der Waals surface area contributed by atoms with Gasteiger partial charge in [-0.05, 0) is 68.7 Å². The summed E-state index contributed by atoms with van der Waals surface area (Å²) in [5.74, 6) is 0.867. The number of piperidine rings is 2. The molecule has 2 bridgehead atoms. The molecule has 114 valence electrons. The second-order valence-electron chi connectivity index (χ2n) is 7.18. The highest BCUT2D eigenvalue weighted by Crippen LogP contribution is 2.40. The number of halogens is 1. The molecule has 2 aliphatic heterocycles. The molecular weight excluding hydrogens is 263 g/mol.